The number of thioether (sulfide) groups is 1. The molecule has 0 fully saturated rings. The number of halogens is 1. The van der Waals surface area contributed by atoms with Crippen LogP contribution in [0.1, 0.15) is 18.4 Å². The lowest BCUT2D eigenvalue weighted by Gasteiger charge is -2.09. The van der Waals surface area contributed by atoms with Gasteiger partial charge in [0.05, 0.1) is 0 Å². The molecule has 1 rings (SSSR count). The van der Waals surface area contributed by atoms with Gasteiger partial charge >= 0.3 is 0 Å². The molecule has 0 radical (unpaired) electrons. The molecule has 1 N–H and O–H groups in total. The molecule has 0 aliphatic rings. The third kappa shape index (κ3) is 2.71. The van der Waals surface area contributed by atoms with Crippen LogP contribution in [0.4, 0.5) is 4.39 Å². The van der Waals surface area contributed by atoms with Gasteiger partial charge in [-0.05, 0) is 30.0 Å². The van der Waals surface area contributed by atoms with Crippen LogP contribution < -0.4 is 0 Å². The third-order valence-corrected chi connectivity index (χ3v) is 2.68. The van der Waals surface area contributed by atoms with E-state index in [-0.39, 0.29) is 18.3 Å². The zero-order valence-electron chi connectivity index (χ0n) is 7.75. The van der Waals surface area contributed by atoms with Gasteiger partial charge in [-0.25, -0.2) is 4.39 Å². The summed E-state index contributed by atoms with van der Waals surface area (Å²) in [6.07, 6.45) is 1.90. The van der Waals surface area contributed by atoms with Crippen LogP contribution in [-0.2, 0) is 0 Å². The summed E-state index contributed by atoms with van der Waals surface area (Å²) in [5.74, 6) is -0.233. The largest absolute Gasteiger partial charge is 0.396 e. The second-order valence-corrected chi connectivity index (χ2v) is 3.89. The number of aliphatic hydroxyl groups excluding tert-OH is 1. The maximum Gasteiger partial charge on any atom is 0.124 e. The topological polar surface area (TPSA) is 20.2 Å². The highest BCUT2D eigenvalue weighted by molar-refractivity contribution is 7.98. The van der Waals surface area contributed by atoms with E-state index in [0.29, 0.717) is 0 Å². The van der Waals surface area contributed by atoms with Gasteiger partial charge in [-0.1, -0.05) is 6.92 Å². The summed E-state index contributed by atoms with van der Waals surface area (Å²) in [6, 6.07) is 4.88. The number of hydrogen-bond donors (Lipinski definition) is 1. The van der Waals surface area contributed by atoms with E-state index in [0.717, 1.165) is 10.5 Å². The standard InChI is InChI=1S/C10H13FOS/c1-7(6-12)8-3-9(11)5-10(4-8)13-2/h3-5,7,12H,6H2,1-2H3. The van der Waals surface area contributed by atoms with Crippen molar-refractivity contribution in [1.29, 1.82) is 0 Å². The van der Waals surface area contributed by atoms with Crippen molar-refractivity contribution in [3.8, 4) is 0 Å². The van der Waals surface area contributed by atoms with E-state index >= 15 is 0 Å². The van der Waals surface area contributed by atoms with E-state index in [1.807, 2.05) is 19.2 Å². The molecule has 1 nitrogen and oxygen atoms in total. The van der Waals surface area contributed by atoms with Crippen molar-refractivity contribution >= 4 is 11.8 Å². The Morgan fingerprint density at radius 2 is 2.15 bits per heavy atom. The van der Waals surface area contributed by atoms with E-state index in [4.69, 9.17) is 5.11 Å². The van der Waals surface area contributed by atoms with Crippen molar-refractivity contribution in [2.45, 2.75) is 17.7 Å². The molecule has 13 heavy (non-hydrogen) atoms. The number of benzene rings is 1. The number of rotatable bonds is 3. The molecule has 0 amide bonds. The molecule has 0 aromatic heterocycles. The van der Waals surface area contributed by atoms with Crippen molar-refractivity contribution in [2.75, 3.05) is 12.9 Å². The number of hydrogen-bond acceptors (Lipinski definition) is 2. The van der Waals surface area contributed by atoms with E-state index in [1.165, 1.54) is 23.9 Å². The van der Waals surface area contributed by atoms with Crippen LogP contribution >= 0.6 is 11.8 Å². The summed E-state index contributed by atoms with van der Waals surface area (Å²) in [4.78, 5) is 0.898. The van der Waals surface area contributed by atoms with Crippen LogP contribution in [0, 0.1) is 5.82 Å². The molecule has 0 saturated heterocycles. The van der Waals surface area contributed by atoms with Crippen LogP contribution in [0.5, 0.6) is 0 Å². The van der Waals surface area contributed by atoms with E-state index in [1.54, 1.807) is 0 Å². The smallest absolute Gasteiger partial charge is 0.124 e. The molecule has 0 spiro atoms. The Morgan fingerprint density at radius 3 is 2.69 bits per heavy atom. The lowest BCUT2D eigenvalue weighted by Crippen LogP contribution is -1.99. The van der Waals surface area contributed by atoms with Crippen molar-refractivity contribution in [3.63, 3.8) is 0 Å². The minimum Gasteiger partial charge on any atom is -0.396 e. The molecule has 0 bridgehead atoms. The van der Waals surface area contributed by atoms with Gasteiger partial charge < -0.3 is 5.11 Å². The van der Waals surface area contributed by atoms with Crippen LogP contribution in [0.15, 0.2) is 23.1 Å². The first kappa shape index (κ1) is 10.5. The van der Waals surface area contributed by atoms with Gasteiger partial charge in [-0.2, -0.15) is 0 Å². The average Bonchev–Trinajstić information content (AvgIpc) is 2.15. The molecule has 0 aliphatic heterocycles. The molecule has 1 aromatic rings. The van der Waals surface area contributed by atoms with Gasteiger partial charge in [0.1, 0.15) is 5.82 Å². The van der Waals surface area contributed by atoms with E-state index < -0.39 is 0 Å². The normalized spacial score (nSPS) is 12.9. The van der Waals surface area contributed by atoms with Gasteiger partial charge in [-0.3, -0.25) is 0 Å². The Labute approximate surface area is 82.0 Å². The van der Waals surface area contributed by atoms with Gasteiger partial charge in [0.15, 0.2) is 0 Å². The summed E-state index contributed by atoms with van der Waals surface area (Å²) in [6.45, 7) is 1.93. The Kier molecular flexibility index (Phi) is 3.75. The average molecular weight is 200 g/mol. The molecule has 0 heterocycles. The molecule has 0 saturated carbocycles. The molecule has 1 aromatic carbocycles. The highest BCUT2D eigenvalue weighted by Crippen LogP contribution is 2.23. The fraction of sp³-hybridized carbons (Fsp3) is 0.400. The molecule has 0 aliphatic carbocycles. The van der Waals surface area contributed by atoms with Crippen LogP contribution in [-0.4, -0.2) is 18.0 Å². The lowest BCUT2D eigenvalue weighted by molar-refractivity contribution is 0.272. The third-order valence-electron chi connectivity index (χ3n) is 1.97. The van der Waals surface area contributed by atoms with Crippen molar-refractivity contribution in [3.05, 3.63) is 29.6 Å². The summed E-state index contributed by atoms with van der Waals surface area (Å²) in [5.41, 5.74) is 0.854. The first-order valence-electron chi connectivity index (χ1n) is 4.12. The van der Waals surface area contributed by atoms with Gasteiger partial charge in [0, 0.05) is 17.4 Å². The molecular weight excluding hydrogens is 187 g/mol. The molecule has 1 unspecified atom stereocenters. The second-order valence-electron chi connectivity index (χ2n) is 3.01. The Morgan fingerprint density at radius 1 is 1.46 bits per heavy atom. The van der Waals surface area contributed by atoms with Crippen LogP contribution in [0.3, 0.4) is 0 Å². The van der Waals surface area contributed by atoms with Gasteiger partial charge in [0.2, 0.25) is 0 Å². The molecule has 72 valence electrons. The van der Waals surface area contributed by atoms with Crippen molar-refractivity contribution in [1.82, 2.24) is 0 Å². The van der Waals surface area contributed by atoms with E-state index in [9.17, 15) is 4.39 Å². The zero-order valence-corrected chi connectivity index (χ0v) is 8.57. The van der Waals surface area contributed by atoms with Crippen LogP contribution in [0.2, 0.25) is 0 Å². The molecule has 3 heteroatoms. The first-order chi connectivity index (χ1) is 6.17. The number of aliphatic hydroxyl groups is 1. The summed E-state index contributed by atoms with van der Waals surface area (Å²) in [7, 11) is 0. The maximum atomic E-state index is 13.0. The Bertz CT molecular complexity index is 288. The van der Waals surface area contributed by atoms with Crippen molar-refractivity contribution < 1.29 is 9.50 Å². The molecule has 1 atom stereocenters. The highest BCUT2D eigenvalue weighted by atomic mass is 32.2. The summed E-state index contributed by atoms with van der Waals surface area (Å²) < 4.78 is 13.0. The molecular formula is C10H13FOS. The fourth-order valence-electron chi connectivity index (χ4n) is 1.09. The SMILES string of the molecule is CSc1cc(F)cc(C(C)CO)c1. The Hall–Kier alpha value is -0.540. The first-order valence-corrected chi connectivity index (χ1v) is 5.35. The van der Waals surface area contributed by atoms with Crippen molar-refractivity contribution in [2.24, 2.45) is 0 Å². The summed E-state index contributed by atoms with van der Waals surface area (Å²) in [5, 5.41) is 8.91. The maximum absolute atomic E-state index is 13.0. The monoisotopic (exact) mass is 200 g/mol. The summed E-state index contributed by atoms with van der Waals surface area (Å²) >= 11 is 1.50. The van der Waals surface area contributed by atoms with Gasteiger partial charge in [-0.15, -0.1) is 11.8 Å². The minimum absolute atomic E-state index is 0.00148. The minimum atomic E-state index is -0.234. The van der Waals surface area contributed by atoms with E-state index in [2.05, 4.69) is 0 Å². The Balaban J connectivity index is 3.01. The predicted octanol–water partition coefficient (Wildman–Crippen LogP) is 2.64. The lowest BCUT2D eigenvalue weighted by atomic mass is 10.0. The van der Waals surface area contributed by atoms with Crippen LogP contribution in [0.25, 0.3) is 0 Å². The van der Waals surface area contributed by atoms with Gasteiger partial charge in [0.25, 0.3) is 0 Å². The second kappa shape index (κ2) is 4.63. The quantitative estimate of drug-likeness (QED) is 0.757. The predicted molar refractivity (Wildman–Crippen MR) is 53.7 cm³/mol. The highest BCUT2D eigenvalue weighted by Gasteiger charge is 2.06. The zero-order chi connectivity index (χ0) is 9.84. The fourth-order valence-corrected chi connectivity index (χ4v) is 1.58.